The lowest BCUT2D eigenvalue weighted by Crippen LogP contribution is -2.31. The van der Waals surface area contributed by atoms with Gasteiger partial charge in [0, 0.05) is 13.0 Å². The van der Waals surface area contributed by atoms with Crippen molar-refractivity contribution in [3.63, 3.8) is 0 Å². The highest BCUT2D eigenvalue weighted by atomic mass is 32.2. The number of furan rings is 1. The number of carbonyl (C=O) groups excluding carboxylic acids is 2. The van der Waals surface area contributed by atoms with Gasteiger partial charge in [-0.05, 0) is 13.0 Å². The van der Waals surface area contributed by atoms with Crippen LogP contribution in [0.1, 0.15) is 19.1 Å². The maximum Gasteiger partial charge on any atom is 0.433 e. The minimum atomic E-state index is -0.664. The van der Waals surface area contributed by atoms with E-state index in [0.29, 0.717) is 6.54 Å². The molecule has 0 aromatic carbocycles. The molecule has 1 aromatic heterocycles. The molecule has 1 aliphatic heterocycles. The van der Waals surface area contributed by atoms with Gasteiger partial charge in [0.15, 0.2) is 10.9 Å². The maximum atomic E-state index is 11.7. The molecule has 0 aliphatic carbocycles. The van der Waals surface area contributed by atoms with Gasteiger partial charge in [0.05, 0.1) is 12.3 Å². The van der Waals surface area contributed by atoms with Gasteiger partial charge in [0.1, 0.15) is 10.2 Å². The molecule has 122 valence electrons. The molecule has 2 heterocycles. The van der Waals surface area contributed by atoms with E-state index in [0.717, 1.165) is 11.8 Å². The Balaban J connectivity index is 1.93. The van der Waals surface area contributed by atoms with Crippen LogP contribution >= 0.6 is 11.8 Å². The van der Waals surface area contributed by atoms with Crippen molar-refractivity contribution in [3.05, 3.63) is 28.0 Å². The summed E-state index contributed by atoms with van der Waals surface area (Å²) < 4.78 is 4.87. The van der Waals surface area contributed by atoms with Gasteiger partial charge in [0.2, 0.25) is 11.8 Å². The lowest BCUT2D eigenvalue weighted by molar-refractivity contribution is -0.402. The Bertz CT molecular complexity index is 683. The minimum absolute atomic E-state index is 0.0530. The molecular formula is C12H13N5O5S. The van der Waals surface area contributed by atoms with E-state index in [9.17, 15) is 19.7 Å². The molecule has 0 saturated carbocycles. The van der Waals surface area contributed by atoms with Crippen molar-refractivity contribution in [1.29, 1.82) is 0 Å². The second kappa shape index (κ2) is 7.54. The topological polar surface area (TPSA) is 139 Å². The highest BCUT2D eigenvalue weighted by Crippen LogP contribution is 2.22. The highest BCUT2D eigenvalue weighted by molar-refractivity contribution is 8.15. The third kappa shape index (κ3) is 4.64. The molecule has 11 heteroatoms. The van der Waals surface area contributed by atoms with Crippen LogP contribution in [-0.4, -0.2) is 39.9 Å². The summed E-state index contributed by atoms with van der Waals surface area (Å²) in [5, 5.41) is 22.7. The van der Waals surface area contributed by atoms with Crippen LogP contribution in [0.4, 0.5) is 5.88 Å². The third-order valence-corrected chi connectivity index (χ3v) is 3.72. The molecule has 2 rings (SSSR count). The van der Waals surface area contributed by atoms with E-state index in [1.807, 2.05) is 0 Å². The van der Waals surface area contributed by atoms with Gasteiger partial charge in [-0.15, -0.1) is 5.10 Å². The lowest BCUT2D eigenvalue weighted by atomic mass is 10.3. The van der Waals surface area contributed by atoms with Crippen molar-refractivity contribution in [2.24, 2.45) is 10.2 Å². The van der Waals surface area contributed by atoms with Gasteiger partial charge in [0.25, 0.3) is 0 Å². The van der Waals surface area contributed by atoms with E-state index < -0.39 is 16.1 Å². The molecule has 2 N–H and O–H groups in total. The van der Waals surface area contributed by atoms with Crippen LogP contribution in [0.2, 0.25) is 0 Å². The Morgan fingerprint density at radius 2 is 2.39 bits per heavy atom. The molecule has 0 bridgehead atoms. The molecule has 0 unspecified atom stereocenters. The maximum absolute atomic E-state index is 11.7. The average molecular weight is 339 g/mol. The second-order valence-electron chi connectivity index (χ2n) is 4.34. The van der Waals surface area contributed by atoms with Crippen LogP contribution in [0, 0.1) is 10.1 Å². The number of hydrogen-bond donors (Lipinski definition) is 2. The number of amides is 2. The zero-order valence-electron chi connectivity index (χ0n) is 12.0. The fraction of sp³-hybridized carbons (Fsp3) is 0.333. The normalized spacial score (nSPS) is 19.3. The summed E-state index contributed by atoms with van der Waals surface area (Å²) in [6.07, 6.45) is 1.24. The van der Waals surface area contributed by atoms with E-state index in [2.05, 4.69) is 20.8 Å². The number of hydrogen-bond acceptors (Lipinski definition) is 8. The fourth-order valence-corrected chi connectivity index (χ4v) is 2.60. The molecule has 1 saturated heterocycles. The summed E-state index contributed by atoms with van der Waals surface area (Å²) in [5.41, 5.74) is 0. The van der Waals surface area contributed by atoms with Crippen LogP contribution in [0.15, 0.2) is 26.8 Å². The van der Waals surface area contributed by atoms with Crippen LogP contribution in [0.25, 0.3) is 0 Å². The predicted octanol–water partition coefficient (Wildman–Crippen LogP) is 0.635. The molecular weight excluding hydrogens is 326 g/mol. The van der Waals surface area contributed by atoms with Crippen molar-refractivity contribution < 1.29 is 18.9 Å². The van der Waals surface area contributed by atoms with Gasteiger partial charge >= 0.3 is 5.88 Å². The number of nitrogens with one attached hydrogen (secondary N) is 2. The van der Waals surface area contributed by atoms with Gasteiger partial charge in [-0.2, -0.15) is 5.10 Å². The Morgan fingerprint density at radius 1 is 1.61 bits per heavy atom. The van der Waals surface area contributed by atoms with E-state index in [-0.39, 0.29) is 29.2 Å². The molecule has 0 radical (unpaired) electrons. The second-order valence-corrected chi connectivity index (χ2v) is 5.53. The zero-order valence-corrected chi connectivity index (χ0v) is 12.8. The van der Waals surface area contributed by atoms with Crippen LogP contribution in [0.3, 0.4) is 0 Å². The minimum Gasteiger partial charge on any atom is -0.400 e. The van der Waals surface area contributed by atoms with E-state index >= 15 is 0 Å². The van der Waals surface area contributed by atoms with Crippen molar-refractivity contribution in [3.8, 4) is 0 Å². The summed E-state index contributed by atoms with van der Waals surface area (Å²) in [6.45, 7) is 2.29. The Morgan fingerprint density at radius 3 is 3.04 bits per heavy atom. The van der Waals surface area contributed by atoms with Crippen LogP contribution in [-0.2, 0) is 9.59 Å². The highest BCUT2D eigenvalue weighted by Gasteiger charge is 2.32. The molecule has 0 spiro atoms. The zero-order chi connectivity index (χ0) is 16.8. The predicted molar refractivity (Wildman–Crippen MR) is 83.2 cm³/mol. The largest absolute Gasteiger partial charge is 0.433 e. The van der Waals surface area contributed by atoms with Gasteiger partial charge in [-0.25, -0.2) is 0 Å². The first-order valence-electron chi connectivity index (χ1n) is 6.59. The number of nitrogens with zero attached hydrogens (tertiary/aromatic N) is 3. The van der Waals surface area contributed by atoms with Gasteiger partial charge in [-0.1, -0.05) is 11.8 Å². The first-order valence-corrected chi connectivity index (χ1v) is 7.47. The molecule has 1 aliphatic rings. The van der Waals surface area contributed by atoms with E-state index in [1.165, 1.54) is 18.3 Å². The number of thioether (sulfide) groups is 1. The summed E-state index contributed by atoms with van der Waals surface area (Å²) in [7, 11) is 0. The molecule has 1 fully saturated rings. The van der Waals surface area contributed by atoms with Crippen molar-refractivity contribution in [1.82, 2.24) is 10.6 Å². The third-order valence-electron chi connectivity index (χ3n) is 2.65. The molecule has 10 nitrogen and oxygen atoms in total. The summed E-state index contributed by atoms with van der Waals surface area (Å²) in [5.74, 6) is -0.768. The Labute approximate surface area is 134 Å². The molecule has 1 aromatic rings. The van der Waals surface area contributed by atoms with Crippen molar-refractivity contribution in [2.75, 3.05) is 6.54 Å². The number of carbonyl (C=O) groups is 2. The summed E-state index contributed by atoms with van der Waals surface area (Å²) in [4.78, 5) is 33.0. The average Bonchev–Trinajstić information content (AvgIpc) is 3.07. The van der Waals surface area contributed by atoms with Gasteiger partial charge in [-0.3, -0.25) is 19.7 Å². The summed E-state index contributed by atoms with van der Waals surface area (Å²) in [6, 6.07) is 2.57. The lowest BCUT2D eigenvalue weighted by Gasteiger charge is -2.04. The van der Waals surface area contributed by atoms with E-state index in [4.69, 9.17) is 4.42 Å². The van der Waals surface area contributed by atoms with Crippen LogP contribution < -0.4 is 10.6 Å². The summed E-state index contributed by atoms with van der Waals surface area (Å²) >= 11 is 1.09. The smallest absolute Gasteiger partial charge is 0.400 e. The Kier molecular flexibility index (Phi) is 5.46. The monoisotopic (exact) mass is 339 g/mol. The fourth-order valence-electron chi connectivity index (χ4n) is 1.67. The SMILES string of the molecule is CCNC(=O)C[C@H]1S/C(=N/N=C\c2ccc([N+](=O)[O-])o2)NC1=O. The standard InChI is InChI=1S/C12H13N5O5S/c1-2-13-9(18)5-8-11(19)15-12(23-8)16-14-6-7-3-4-10(22-7)17(20)21/h3-4,6,8H,2,5H2,1H3,(H,13,18)(H,15,16,19)/b14-6-/t8-/m1/s1. The van der Waals surface area contributed by atoms with Crippen molar-refractivity contribution in [2.45, 2.75) is 18.6 Å². The number of nitro groups is 1. The molecule has 1 atom stereocenters. The van der Waals surface area contributed by atoms with Crippen molar-refractivity contribution >= 4 is 40.8 Å². The number of amidine groups is 1. The molecule has 2 amide bonds. The molecule has 23 heavy (non-hydrogen) atoms. The van der Waals surface area contributed by atoms with Crippen LogP contribution in [0.5, 0.6) is 0 Å². The number of rotatable bonds is 6. The first kappa shape index (κ1) is 16.7. The Hall–Kier alpha value is -2.69. The quantitative estimate of drug-likeness (QED) is 0.443. The van der Waals surface area contributed by atoms with Gasteiger partial charge < -0.3 is 15.1 Å². The van der Waals surface area contributed by atoms with E-state index in [1.54, 1.807) is 6.92 Å². The first-order chi connectivity index (χ1) is 11.0.